The van der Waals surface area contributed by atoms with E-state index in [4.69, 9.17) is 0 Å². The molecule has 0 radical (unpaired) electrons. The van der Waals surface area contributed by atoms with Crippen molar-refractivity contribution in [2.45, 2.75) is 20.8 Å². The molecule has 15 heavy (non-hydrogen) atoms. The van der Waals surface area contributed by atoms with Crippen molar-refractivity contribution in [3.63, 3.8) is 0 Å². The quantitative estimate of drug-likeness (QED) is 0.604. The van der Waals surface area contributed by atoms with Crippen LogP contribution in [-0.2, 0) is 0 Å². The molecule has 1 aromatic heterocycles. The van der Waals surface area contributed by atoms with Crippen LogP contribution >= 0.6 is 0 Å². The van der Waals surface area contributed by atoms with Gasteiger partial charge in [-0.05, 0) is 25.0 Å². The molecule has 0 spiro atoms. The van der Waals surface area contributed by atoms with Gasteiger partial charge in [-0.3, -0.25) is 9.78 Å². The summed E-state index contributed by atoms with van der Waals surface area (Å²) < 4.78 is 0. The second-order valence-corrected chi connectivity index (χ2v) is 3.65. The molecule has 0 aliphatic rings. The molecule has 1 heterocycles. The van der Waals surface area contributed by atoms with Crippen LogP contribution in [0.25, 0.3) is 0 Å². The Labute approximate surface area is 89.4 Å². The Kier molecular flexibility index (Phi) is 3.97. The van der Waals surface area contributed by atoms with Gasteiger partial charge >= 0.3 is 0 Å². The summed E-state index contributed by atoms with van der Waals surface area (Å²) in [7, 11) is 0. The first-order valence-electron chi connectivity index (χ1n) is 4.86. The predicted molar refractivity (Wildman–Crippen MR) is 59.8 cm³/mol. The Balaban J connectivity index is 2.62. The van der Waals surface area contributed by atoms with Gasteiger partial charge in [0.15, 0.2) is 0 Å². The highest BCUT2D eigenvalue weighted by Crippen LogP contribution is 2.00. The van der Waals surface area contributed by atoms with E-state index in [9.17, 15) is 4.79 Å². The monoisotopic (exact) mass is 205 g/mol. The van der Waals surface area contributed by atoms with Crippen LogP contribution in [0.3, 0.4) is 0 Å². The van der Waals surface area contributed by atoms with Crippen molar-refractivity contribution in [3.05, 3.63) is 29.6 Å². The van der Waals surface area contributed by atoms with Gasteiger partial charge in [0.2, 0.25) is 0 Å². The number of nitrogens with zero attached hydrogens (tertiary/aromatic N) is 2. The zero-order valence-electron chi connectivity index (χ0n) is 9.19. The van der Waals surface area contributed by atoms with Crippen LogP contribution in [0.15, 0.2) is 23.4 Å². The van der Waals surface area contributed by atoms with E-state index in [0.717, 1.165) is 5.69 Å². The lowest BCUT2D eigenvalue weighted by atomic mass is 10.2. The third kappa shape index (κ3) is 3.89. The van der Waals surface area contributed by atoms with E-state index in [1.807, 2.05) is 20.8 Å². The van der Waals surface area contributed by atoms with Gasteiger partial charge in [0.1, 0.15) is 0 Å². The van der Waals surface area contributed by atoms with Gasteiger partial charge in [-0.1, -0.05) is 13.8 Å². The highest BCUT2D eigenvalue weighted by atomic mass is 16.2. The molecule has 0 saturated carbocycles. The van der Waals surface area contributed by atoms with E-state index in [0.29, 0.717) is 11.5 Å². The number of carbonyl (C=O) groups is 1. The van der Waals surface area contributed by atoms with Crippen molar-refractivity contribution in [3.8, 4) is 0 Å². The van der Waals surface area contributed by atoms with Gasteiger partial charge in [-0.25, -0.2) is 5.43 Å². The third-order valence-corrected chi connectivity index (χ3v) is 1.70. The first-order chi connectivity index (χ1) is 7.09. The number of aromatic nitrogens is 1. The smallest absolute Gasteiger partial charge is 0.267 e. The van der Waals surface area contributed by atoms with Crippen molar-refractivity contribution >= 4 is 12.1 Å². The SMILES string of the molecule is Cc1cc(C(=O)NN=CC(C)C)ccn1. The van der Waals surface area contributed by atoms with Gasteiger partial charge in [0, 0.05) is 23.7 Å². The van der Waals surface area contributed by atoms with Crippen LogP contribution in [0.4, 0.5) is 0 Å². The lowest BCUT2D eigenvalue weighted by Gasteiger charge is -2.00. The molecule has 0 atom stereocenters. The van der Waals surface area contributed by atoms with E-state index in [1.165, 1.54) is 0 Å². The topological polar surface area (TPSA) is 54.4 Å². The summed E-state index contributed by atoms with van der Waals surface area (Å²) in [6, 6.07) is 3.38. The van der Waals surface area contributed by atoms with Gasteiger partial charge in [0.25, 0.3) is 5.91 Å². The number of nitrogens with one attached hydrogen (secondary N) is 1. The third-order valence-electron chi connectivity index (χ3n) is 1.70. The molecule has 0 unspecified atom stereocenters. The van der Waals surface area contributed by atoms with Crippen LogP contribution in [0.1, 0.15) is 29.9 Å². The molecule has 4 nitrogen and oxygen atoms in total. The van der Waals surface area contributed by atoms with E-state index in [1.54, 1.807) is 24.5 Å². The summed E-state index contributed by atoms with van der Waals surface area (Å²) in [5.41, 5.74) is 3.85. The number of carbonyl (C=O) groups excluding carboxylic acids is 1. The van der Waals surface area contributed by atoms with Crippen LogP contribution in [0.5, 0.6) is 0 Å². The highest BCUT2D eigenvalue weighted by molar-refractivity contribution is 5.94. The summed E-state index contributed by atoms with van der Waals surface area (Å²) in [4.78, 5) is 15.5. The molecule has 0 fully saturated rings. The standard InChI is InChI=1S/C11H15N3O/c1-8(2)7-13-14-11(15)10-4-5-12-9(3)6-10/h4-8H,1-3H3,(H,14,15). The highest BCUT2D eigenvalue weighted by Gasteiger charge is 2.03. The van der Waals surface area contributed by atoms with Crippen LogP contribution in [0, 0.1) is 12.8 Å². The first kappa shape index (κ1) is 11.4. The van der Waals surface area contributed by atoms with Gasteiger partial charge in [-0.2, -0.15) is 5.10 Å². The second kappa shape index (κ2) is 5.24. The van der Waals surface area contributed by atoms with Crippen molar-refractivity contribution in [2.24, 2.45) is 11.0 Å². The number of hydrazone groups is 1. The number of rotatable bonds is 3. The molecule has 0 aliphatic heterocycles. The molecule has 4 heteroatoms. The molecular formula is C11H15N3O. The maximum Gasteiger partial charge on any atom is 0.271 e. The zero-order chi connectivity index (χ0) is 11.3. The van der Waals surface area contributed by atoms with Crippen LogP contribution < -0.4 is 5.43 Å². The predicted octanol–water partition coefficient (Wildman–Crippen LogP) is 1.76. The Morgan fingerprint density at radius 2 is 2.33 bits per heavy atom. The Morgan fingerprint density at radius 3 is 2.93 bits per heavy atom. The summed E-state index contributed by atoms with van der Waals surface area (Å²) in [5, 5.41) is 3.83. The average Bonchev–Trinajstić information content (AvgIpc) is 2.17. The molecular weight excluding hydrogens is 190 g/mol. The number of hydrogen-bond acceptors (Lipinski definition) is 3. The van der Waals surface area contributed by atoms with Crippen molar-refractivity contribution in [1.29, 1.82) is 0 Å². The number of hydrogen-bond donors (Lipinski definition) is 1. The molecule has 1 N–H and O–H groups in total. The van der Waals surface area contributed by atoms with Gasteiger partial charge in [-0.15, -0.1) is 0 Å². The minimum atomic E-state index is -0.211. The van der Waals surface area contributed by atoms with Gasteiger partial charge in [0.05, 0.1) is 0 Å². The van der Waals surface area contributed by atoms with Crippen molar-refractivity contribution < 1.29 is 4.79 Å². The fraction of sp³-hybridized carbons (Fsp3) is 0.364. The number of pyridine rings is 1. The molecule has 0 aromatic carbocycles. The molecule has 1 amide bonds. The van der Waals surface area contributed by atoms with E-state index < -0.39 is 0 Å². The normalized spacial score (nSPS) is 10.9. The van der Waals surface area contributed by atoms with E-state index in [2.05, 4.69) is 15.5 Å². The minimum absolute atomic E-state index is 0.211. The summed E-state index contributed by atoms with van der Waals surface area (Å²) in [6.45, 7) is 5.83. The largest absolute Gasteiger partial charge is 0.271 e. The molecule has 1 rings (SSSR count). The average molecular weight is 205 g/mol. The molecule has 1 aromatic rings. The molecule has 80 valence electrons. The fourth-order valence-electron chi connectivity index (χ4n) is 0.996. The van der Waals surface area contributed by atoms with E-state index in [-0.39, 0.29) is 5.91 Å². The Morgan fingerprint density at radius 1 is 1.60 bits per heavy atom. The molecule has 0 saturated heterocycles. The first-order valence-corrected chi connectivity index (χ1v) is 4.86. The maximum atomic E-state index is 11.5. The van der Waals surface area contributed by atoms with Crippen LogP contribution in [0.2, 0.25) is 0 Å². The number of aryl methyl sites for hydroxylation is 1. The Hall–Kier alpha value is -1.71. The fourth-order valence-corrected chi connectivity index (χ4v) is 0.996. The number of amides is 1. The van der Waals surface area contributed by atoms with Crippen LogP contribution in [-0.4, -0.2) is 17.1 Å². The summed E-state index contributed by atoms with van der Waals surface area (Å²) in [5.74, 6) is 0.113. The van der Waals surface area contributed by atoms with Gasteiger partial charge < -0.3 is 0 Å². The maximum absolute atomic E-state index is 11.5. The second-order valence-electron chi connectivity index (χ2n) is 3.65. The zero-order valence-corrected chi connectivity index (χ0v) is 9.19. The molecule has 0 bridgehead atoms. The minimum Gasteiger partial charge on any atom is -0.267 e. The summed E-state index contributed by atoms with van der Waals surface area (Å²) >= 11 is 0. The summed E-state index contributed by atoms with van der Waals surface area (Å²) in [6.07, 6.45) is 3.29. The molecule has 0 aliphatic carbocycles. The van der Waals surface area contributed by atoms with Crippen molar-refractivity contribution in [2.75, 3.05) is 0 Å². The lowest BCUT2D eigenvalue weighted by molar-refractivity contribution is 0.0955. The Bertz CT molecular complexity index is 372. The van der Waals surface area contributed by atoms with E-state index >= 15 is 0 Å². The van der Waals surface area contributed by atoms with Crippen molar-refractivity contribution in [1.82, 2.24) is 10.4 Å². The lowest BCUT2D eigenvalue weighted by Crippen LogP contribution is -2.18.